The summed E-state index contributed by atoms with van der Waals surface area (Å²) in [6, 6.07) is 13.3. The summed E-state index contributed by atoms with van der Waals surface area (Å²) in [7, 11) is 0. The van der Waals surface area contributed by atoms with Gasteiger partial charge in [-0.2, -0.15) is 5.10 Å². The summed E-state index contributed by atoms with van der Waals surface area (Å²) in [5.41, 5.74) is 3.91. The maximum absolute atomic E-state index is 11.7. The van der Waals surface area contributed by atoms with E-state index in [0.29, 0.717) is 11.4 Å². The molecule has 120 valence electrons. The van der Waals surface area contributed by atoms with Gasteiger partial charge in [0.15, 0.2) is 5.76 Å². The van der Waals surface area contributed by atoms with E-state index in [9.17, 15) is 9.59 Å². The Kier molecular flexibility index (Phi) is 4.24. The van der Waals surface area contributed by atoms with E-state index in [-0.39, 0.29) is 11.3 Å². The molecule has 0 spiro atoms. The van der Waals surface area contributed by atoms with Crippen molar-refractivity contribution in [2.45, 2.75) is 0 Å². The average molecular weight is 323 g/mol. The number of rotatable bonds is 5. The van der Waals surface area contributed by atoms with Crippen molar-refractivity contribution >= 4 is 18.1 Å². The Balaban J connectivity index is 1.78. The molecule has 0 aliphatic heterocycles. The van der Waals surface area contributed by atoms with E-state index in [4.69, 9.17) is 9.52 Å². The first-order chi connectivity index (χ1) is 11.6. The third kappa shape index (κ3) is 3.25. The third-order valence-corrected chi connectivity index (χ3v) is 3.26. The predicted octanol–water partition coefficient (Wildman–Crippen LogP) is 2.53. The molecule has 0 bridgehead atoms. The number of aromatic carboxylic acids is 1. The van der Waals surface area contributed by atoms with Gasteiger partial charge in [-0.15, -0.1) is 0 Å². The second-order valence-electron chi connectivity index (χ2n) is 4.83. The number of carboxylic acid groups (broad SMARTS) is 1. The van der Waals surface area contributed by atoms with E-state index in [0.717, 1.165) is 0 Å². The minimum atomic E-state index is -0.995. The Morgan fingerprint density at radius 3 is 2.79 bits per heavy atom. The van der Waals surface area contributed by atoms with Crippen molar-refractivity contribution < 1.29 is 19.1 Å². The van der Waals surface area contributed by atoms with Gasteiger partial charge >= 0.3 is 11.9 Å². The van der Waals surface area contributed by atoms with Crippen LogP contribution in [0.3, 0.4) is 0 Å². The van der Waals surface area contributed by atoms with E-state index >= 15 is 0 Å². The number of hydrogen-bond acceptors (Lipinski definition) is 4. The Morgan fingerprint density at radius 1 is 1.17 bits per heavy atom. The lowest BCUT2D eigenvalue weighted by atomic mass is 10.2. The fourth-order valence-electron chi connectivity index (χ4n) is 2.14. The number of hydrazone groups is 1. The SMILES string of the molecule is O=C(O)c1cccc(-n2cccc2/C=N/NC(=O)c2ccco2)c1. The van der Waals surface area contributed by atoms with Gasteiger partial charge in [0.05, 0.1) is 23.7 Å². The van der Waals surface area contributed by atoms with Crippen molar-refractivity contribution in [1.82, 2.24) is 9.99 Å². The molecule has 3 rings (SSSR count). The van der Waals surface area contributed by atoms with Gasteiger partial charge in [0.25, 0.3) is 0 Å². The molecule has 1 amide bonds. The summed E-state index contributed by atoms with van der Waals surface area (Å²) >= 11 is 0. The molecule has 2 N–H and O–H groups in total. The first-order valence-corrected chi connectivity index (χ1v) is 7.03. The normalized spacial score (nSPS) is 10.8. The van der Waals surface area contributed by atoms with Crippen molar-refractivity contribution in [2.24, 2.45) is 5.10 Å². The van der Waals surface area contributed by atoms with Crippen molar-refractivity contribution in [2.75, 3.05) is 0 Å². The lowest BCUT2D eigenvalue weighted by Crippen LogP contribution is -2.17. The lowest BCUT2D eigenvalue weighted by molar-refractivity contribution is 0.0696. The van der Waals surface area contributed by atoms with Gasteiger partial charge in [-0.1, -0.05) is 6.07 Å². The van der Waals surface area contributed by atoms with Crippen LogP contribution in [0.25, 0.3) is 5.69 Å². The molecule has 2 aromatic heterocycles. The van der Waals surface area contributed by atoms with Crippen LogP contribution in [-0.4, -0.2) is 27.8 Å². The second-order valence-corrected chi connectivity index (χ2v) is 4.83. The number of nitrogens with zero attached hydrogens (tertiary/aromatic N) is 2. The monoisotopic (exact) mass is 323 g/mol. The fourth-order valence-corrected chi connectivity index (χ4v) is 2.14. The summed E-state index contributed by atoms with van der Waals surface area (Å²) in [6.07, 6.45) is 4.64. The van der Waals surface area contributed by atoms with Crippen LogP contribution in [0.15, 0.2) is 70.5 Å². The van der Waals surface area contributed by atoms with Crippen LogP contribution in [-0.2, 0) is 0 Å². The highest BCUT2D eigenvalue weighted by Crippen LogP contribution is 2.13. The molecular weight excluding hydrogens is 310 g/mol. The number of furan rings is 1. The van der Waals surface area contributed by atoms with Crippen molar-refractivity contribution in [3.05, 3.63) is 78.0 Å². The van der Waals surface area contributed by atoms with Gasteiger partial charge in [0.1, 0.15) is 0 Å². The number of benzene rings is 1. The number of amides is 1. The largest absolute Gasteiger partial charge is 0.478 e. The van der Waals surface area contributed by atoms with Crippen molar-refractivity contribution in [1.29, 1.82) is 0 Å². The molecule has 7 nitrogen and oxygen atoms in total. The summed E-state index contributed by atoms with van der Waals surface area (Å²) in [6.45, 7) is 0. The Morgan fingerprint density at radius 2 is 2.04 bits per heavy atom. The van der Waals surface area contributed by atoms with E-state index in [2.05, 4.69) is 10.5 Å². The van der Waals surface area contributed by atoms with Gasteiger partial charge in [0.2, 0.25) is 0 Å². The first kappa shape index (κ1) is 15.3. The molecular formula is C17H13N3O4. The second kappa shape index (κ2) is 6.66. The molecule has 7 heteroatoms. The highest BCUT2D eigenvalue weighted by molar-refractivity contribution is 5.92. The standard InChI is InChI=1S/C17H13N3O4/c21-16(15-7-3-9-24-15)19-18-11-14-6-2-8-20(14)13-5-1-4-12(10-13)17(22)23/h1-11H,(H,19,21)(H,22,23)/b18-11+. The van der Waals surface area contributed by atoms with Crippen LogP contribution in [0.2, 0.25) is 0 Å². The summed E-state index contributed by atoms with van der Waals surface area (Å²) < 4.78 is 6.72. The van der Waals surface area contributed by atoms with Crippen LogP contribution in [0.5, 0.6) is 0 Å². The summed E-state index contributed by atoms with van der Waals surface area (Å²) in [5.74, 6) is -1.29. The molecule has 1 aromatic carbocycles. The van der Waals surface area contributed by atoms with Crippen LogP contribution >= 0.6 is 0 Å². The number of hydrogen-bond donors (Lipinski definition) is 2. The number of carboxylic acids is 1. The van der Waals surface area contributed by atoms with Crippen molar-refractivity contribution in [3.8, 4) is 5.69 Å². The highest BCUT2D eigenvalue weighted by Gasteiger charge is 2.08. The zero-order valence-electron chi connectivity index (χ0n) is 12.4. The minimum Gasteiger partial charge on any atom is -0.478 e. The molecule has 3 aromatic rings. The Hall–Kier alpha value is -3.61. The zero-order chi connectivity index (χ0) is 16.9. The summed E-state index contributed by atoms with van der Waals surface area (Å²) in [4.78, 5) is 22.8. The molecule has 0 radical (unpaired) electrons. The van der Waals surface area contributed by atoms with Crippen molar-refractivity contribution in [3.63, 3.8) is 0 Å². The number of aromatic nitrogens is 1. The maximum Gasteiger partial charge on any atom is 0.335 e. The minimum absolute atomic E-state index is 0.164. The molecule has 0 fully saturated rings. The molecule has 0 aliphatic carbocycles. The van der Waals surface area contributed by atoms with E-state index in [1.54, 1.807) is 47.2 Å². The third-order valence-electron chi connectivity index (χ3n) is 3.26. The molecule has 0 atom stereocenters. The van der Waals surface area contributed by atoms with E-state index in [1.165, 1.54) is 24.6 Å². The Bertz CT molecular complexity index is 894. The van der Waals surface area contributed by atoms with Gasteiger partial charge in [-0.05, 0) is 42.5 Å². The van der Waals surface area contributed by atoms with Crippen LogP contribution in [0, 0.1) is 0 Å². The topological polar surface area (TPSA) is 96.8 Å². The average Bonchev–Trinajstić information content (AvgIpc) is 3.26. The molecule has 24 heavy (non-hydrogen) atoms. The Labute approximate surface area is 136 Å². The number of carbonyl (C=O) groups excluding carboxylic acids is 1. The lowest BCUT2D eigenvalue weighted by Gasteiger charge is -2.07. The highest BCUT2D eigenvalue weighted by atomic mass is 16.4. The molecule has 0 saturated heterocycles. The van der Waals surface area contributed by atoms with Crippen LogP contribution < -0.4 is 5.43 Å². The fraction of sp³-hybridized carbons (Fsp3) is 0. The van der Waals surface area contributed by atoms with E-state index < -0.39 is 11.9 Å². The quantitative estimate of drug-likeness (QED) is 0.557. The van der Waals surface area contributed by atoms with Gasteiger partial charge in [-0.3, -0.25) is 4.79 Å². The molecule has 0 saturated carbocycles. The van der Waals surface area contributed by atoms with Gasteiger partial charge < -0.3 is 14.1 Å². The maximum atomic E-state index is 11.7. The van der Waals surface area contributed by atoms with Gasteiger partial charge in [-0.25, -0.2) is 10.2 Å². The van der Waals surface area contributed by atoms with Gasteiger partial charge in [0, 0.05) is 11.9 Å². The first-order valence-electron chi connectivity index (χ1n) is 7.03. The molecule has 0 unspecified atom stereocenters. The smallest absolute Gasteiger partial charge is 0.335 e. The predicted molar refractivity (Wildman–Crippen MR) is 86.5 cm³/mol. The molecule has 0 aliphatic rings. The summed E-state index contributed by atoms with van der Waals surface area (Å²) in [5, 5.41) is 13.0. The number of carbonyl (C=O) groups is 2. The molecule has 2 heterocycles. The van der Waals surface area contributed by atoms with E-state index in [1.807, 2.05) is 0 Å². The number of nitrogens with one attached hydrogen (secondary N) is 1. The van der Waals surface area contributed by atoms with Crippen LogP contribution in [0.4, 0.5) is 0 Å². The zero-order valence-corrected chi connectivity index (χ0v) is 12.4. The van der Waals surface area contributed by atoms with Crippen LogP contribution in [0.1, 0.15) is 26.6 Å².